The van der Waals surface area contributed by atoms with Gasteiger partial charge in [0.25, 0.3) is 0 Å². The summed E-state index contributed by atoms with van der Waals surface area (Å²) in [5.74, 6) is 2.77. The molecule has 1 aliphatic heterocycles. The number of nitrogens with one attached hydrogen (secondary N) is 1. The van der Waals surface area contributed by atoms with Gasteiger partial charge in [-0.1, -0.05) is 61.0 Å². The Balaban J connectivity index is 1.49. The van der Waals surface area contributed by atoms with E-state index in [9.17, 15) is 4.79 Å². The second-order valence-electron chi connectivity index (χ2n) is 8.85. The van der Waals surface area contributed by atoms with Crippen molar-refractivity contribution < 1.29 is 14.3 Å². The van der Waals surface area contributed by atoms with E-state index in [1.165, 1.54) is 11.8 Å². The van der Waals surface area contributed by atoms with E-state index in [-0.39, 0.29) is 11.8 Å². The number of unbranched alkanes of at least 4 members (excludes halogenated alkanes) is 1. The Kier molecular flexibility index (Phi) is 7.53. The van der Waals surface area contributed by atoms with E-state index in [4.69, 9.17) is 31.2 Å². The number of Topliss-reactive ketones (excluding diaryl/α,β-unsaturated/α-hetero) is 1. The van der Waals surface area contributed by atoms with Crippen LogP contribution >= 0.6 is 23.4 Å². The molecule has 0 amide bonds. The summed E-state index contributed by atoms with van der Waals surface area (Å²) in [7, 11) is 1.63. The van der Waals surface area contributed by atoms with Crippen molar-refractivity contribution in [1.29, 1.82) is 0 Å². The van der Waals surface area contributed by atoms with Crippen molar-refractivity contribution in [2.24, 2.45) is 0 Å². The monoisotopic (exact) mass is 524 g/mol. The molecule has 188 valence electrons. The number of aromatic nitrogens is 3. The molecule has 1 aliphatic carbocycles. The third-order valence-electron chi connectivity index (χ3n) is 6.42. The third-order valence-corrected chi connectivity index (χ3v) is 7.68. The average Bonchev–Trinajstić information content (AvgIpc) is 3.30. The van der Waals surface area contributed by atoms with Gasteiger partial charge in [0.1, 0.15) is 6.04 Å². The zero-order valence-corrected chi connectivity index (χ0v) is 22.0. The largest absolute Gasteiger partial charge is 0.493 e. The van der Waals surface area contributed by atoms with E-state index in [0.717, 1.165) is 53.1 Å². The first-order valence-electron chi connectivity index (χ1n) is 12.3. The number of benzene rings is 2. The molecule has 1 aromatic heterocycles. The Bertz CT molecular complexity index is 1310. The van der Waals surface area contributed by atoms with Gasteiger partial charge in [-0.05, 0) is 48.6 Å². The van der Waals surface area contributed by atoms with Crippen molar-refractivity contribution in [3.8, 4) is 11.5 Å². The van der Waals surface area contributed by atoms with Crippen LogP contribution in [0.25, 0.3) is 0 Å². The highest BCUT2D eigenvalue weighted by molar-refractivity contribution is 7.98. The lowest BCUT2D eigenvalue weighted by molar-refractivity contribution is -0.116. The molecule has 1 N–H and O–H groups in total. The first kappa shape index (κ1) is 24.7. The van der Waals surface area contributed by atoms with Crippen LogP contribution in [-0.2, 0) is 10.5 Å². The van der Waals surface area contributed by atoms with E-state index in [0.29, 0.717) is 41.4 Å². The van der Waals surface area contributed by atoms with Crippen LogP contribution in [0.4, 0.5) is 5.95 Å². The van der Waals surface area contributed by atoms with Crippen molar-refractivity contribution in [1.82, 2.24) is 14.8 Å². The number of rotatable bonds is 9. The van der Waals surface area contributed by atoms with Crippen LogP contribution in [-0.4, -0.2) is 34.3 Å². The normalized spacial score (nSPS) is 16.9. The molecular formula is C27H29ClN4O3S. The van der Waals surface area contributed by atoms with E-state index in [1.54, 1.807) is 7.11 Å². The molecule has 7 nitrogen and oxygen atoms in total. The van der Waals surface area contributed by atoms with Crippen LogP contribution in [0.5, 0.6) is 11.5 Å². The number of halogens is 1. The molecule has 0 fully saturated rings. The van der Waals surface area contributed by atoms with Gasteiger partial charge < -0.3 is 14.8 Å². The molecule has 2 aliphatic rings. The van der Waals surface area contributed by atoms with Crippen LogP contribution in [0, 0.1) is 0 Å². The van der Waals surface area contributed by atoms with E-state index in [1.807, 2.05) is 47.1 Å². The van der Waals surface area contributed by atoms with E-state index in [2.05, 4.69) is 12.2 Å². The molecule has 0 saturated heterocycles. The predicted molar refractivity (Wildman–Crippen MR) is 142 cm³/mol. The first-order valence-corrected chi connectivity index (χ1v) is 13.6. The first-order chi connectivity index (χ1) is 17.6. The number of carbonyl (C=O) groups excluding carboxylic acids is 1. The minimum absolute atomic E-state index is 0.141. The molecule has 0 bridgehead atoms. The van der Waals surface area contributed by atoms with Gasteiger partial charge in [0.05, 0.1) is 13.7 Å². The maximum absolute atomic E-state index is 13.1. The van der Waals surface area contributed by atoms with Gasteiger partial charge in [-0.25, -0.2) is 4.68 Å². The highest BCUT2D eigenvalue weighted by atomic mass is 35.5. The fourth-order valence-electron chi connectivity index (χ4n) is 4.56. The zero-order valence-electron chi connectivity index (χ0n) is 20.4. The standard InChI is InChI=1S/C27H29ClN4O3S/c1-3-4-14-35-22-13-12-17(15-23(22)34-2)25-24-20(10-7-11-21(24)33)29-26-30-27(31-32(25)26)36-16-18-8-5-6-9-19(18)28/h5-6,8-9,12-13,15,25H,3-4,7,10-11,14,16H2,1-2H3,(H,29,30,31). The van der Waals surface area contributed by atoms with Gasteiger partial charge in [0.15, 0.2) is 17.3 Å². The number of hydrogen-bond donors (Lipinski definition) is 1. The van der Waals surface area contributed by atoms with Crippen LogP contribution in [0.3, 0.4) is 0 Å². The molecule has 0 radical (unpaired) electrons. The zero-order chi connectivity index (χ0) is 25.1. The smallest absolute Gasteiger partial charge is 0.227 e. The fourth-order valence-corrected chi connectivity index (χ4v) is 5.68. The van der Waals surface area contributed by atoms with Crippen LogP contribution in [0.1, 0.15) is 56.2 Å². The highest BCUT2D eigenvalue weighted by Crippen LogP contribution is 2.42. The maximum atomic E-state index is 13.1. The fraction of sp³-hybridized carbons (Fsp3) is 0.370. The Morgan fingerprint density at radius 2 is 2.06 bits per heavy atom. The lowest BCUT2D eigenvalue weighted by Crippen LogP contribution is -2.31. The summed E-state index contributed by atoms with van der Waals surface area (Å²) in [6, 6.07) is 13.3. The molecule has 5 rings (SSSR count). The average molecular weight is 525 g/mol. The van der Waals surface area contributed by atoms with Crippen LogP contribution < -0.4 is 14.8 Å². The van der Waals surface area contributed by atoms with E-state index >= 15 is 0 Å². The maximum Gasteiger partial charge on any atom is 0.227 e. The Labute approximate surface area is 220 Å². The van der Waals surface area contributed by atoms with Gasteiger partial charge >= 0.3 is 0 Å². The number of allylic oxidation sites excluding steroid dienone is 2. The van der Waals surface area contributed by atoms with Crippen molar-refractivity contribution in [2.45, 2.75) is 56.0 Å². The number of ether oxygens (including phenoxy) is 2. The van der Waals surface area contributed by atoms with Crippen molar-refractivity contribution in [3.05, 3.63) is 69.9 Å². The van der Waals surface area contributed by atoms with Crippen LogP contribution in [0.2, 0.25) is 5.02 Å². The van der Waals surface area contributed by atoms with Crippen molar-refractivity contribution in [2.75, 3.05) is 19.0 Å². The highest BCUT2D eigenvalue weighted by Gasteiger charge is 2.37. The Morgan fingerprint density at radius 1 is 1.19 bits per heavy atom. The van der Waals surface area contributed by atoms with Gasteiger partial charge in [-0.3, -0.25) is 4.79 Å². The second kappa shape index (κ2) is 11.0. The number of nitrogens with zero attached hydrogens (tertiary/aromatic N) is 3. The van der Waals surface area contributed by atoms with Crippen molar-refractivity contribution in [3.63, 3.8) is 0 Å². The molecule has 1 unspecified atom stereocenters. The lowest BCUT2D eigenvalue weighted by Gasteiger charge is -2.32. The number of thioether (sulfide) groups is 1. The Hall–Kier alpha value is -2.97. The summed E-state index contributed by atoms with van der Waals surface area (Å²) in [6.07, 6.45) is 4.20. The number of methoxy groups -OCH3 is 1. The predicted octanol–water partition coefficient (Wildman–Crippen LogP) is 6.43. The summed E-state index contributed by atoms with van der Waals surface area (Å²) in [5, 5.41) is 9.56. The molecule has 2 aromatic carbocycles. The molecule has 9 heteroatoms. The summed E-state index contributed by atoms with van der Waals surface area (Å²) in [5.41, 5.74) is 3.62. The molecule has 1 atom stereocenters. The van der Waals surface area contributed by atoms with Gasteiger partial charge in [0.2, 0.25) is 11.1 Å². The summed E-state index contributed by atoms with van der Waals surface area (Å²) < 4.78 is 13.4. The third kappa shape index (κ3) is 4.97. The topological polar surface area (TPSA) is 78.3 Å². The minimum Gasteiger partial charge on any atom is -0.493 e. The van der Waals surface area contributed by atoms with Gasteiger partial charge in [-0.15, -0.1) is 5.10 Å². The lowest BCUT2D eigenvalue weighted by atomic mass is 9.85. The summed E-state index contributed by atoms with van der Waals surface area (Å²) in [4.78, 5) is 17.9. The number of anilines is 1. The quantitative estimate of drug-likeness (QED) is 0.255. The van der Waals surface area contributed by atoms with Crippen LogP contribution in [0.15, 0.2) is 58.9 Å². The summed E-state index contributed by atoms with van der Waals surface area (Å²) >= 11 is 7.85. The van der Waals surface area contributed by atoms with Crippen molar-refractivity contribution >= 4 is 35.1 Å². The Morgan fingerprint density at radius 3 is 2.86 bits per heavy atom. The molecule has 0 spiro atoms. The van der Waals surface area contributed by atoms with Gasteiger partial charge in [-0.2, -0.15) is 4.98 Å². The van der Waals surface area contributed by atoms with Gasteiger partial charge in [0, 0.05) is 28.5 Å². The SMILES string of the molecule is CCCCOc1ccc(C2C3=C(CCCC3=O)Nc3nc(SCc4ccccc4Cl)nn32)cc1OC. The molecule has 2 heterocycles. The molecular weight excluding hydrogens is 496 g/mol. The minimum atomic E-state index is -0.384. The van der Waals surface area contributed by atoms with E-state index < -0.39 is 0 Å². The summed E-state index contributed by atoms with van der Waals surface area (Å²) in [6.45, 7) is 2.76. The molecule has 3 aromatic rings. The number of fused-ring (bicyclic) bond motifs is 1. The number of ketones is 1. The number of hydrogen-bond acceptors (Lipinski definition) is 7. The molecule has 0 saturated carbocycles. The molecule has 36 heavy (non-hydrogen) atoms. The second-order valence-corrected chi connectivity index (χ2v) is 10.2. The number of carbonyl (C=O) groups is 1.